The molecule has 1 N–H and O–H groups in total. The molecule has 5 nitrogen and oxygen atoms in total. The number of benzene rings is 3. The fraction of sp³-hybridized carbons (Fsp3) is 0.259. The zero-order chi connectivity index (χ0) is 23.4. The van der Waals surface area contributed by atoms with Crippen LogP contribution in [0.3, 0.4) is 0 Å². The molecule has 170 valence electrons. The fourth-order valence-electron chi connectivity index (χ4n) is 4.29. The van der Waals surface area contributed by atoms with Gasteiger partial charge in [-0.15, -0.1) is 0 Å². The fourth-order valence-corrected chi connectivity index (χ4v) is 4.29. The van der Waals surface area contributed by atoms with Crippen LogP contribution in [0, 0.1) is 19.7 Å². The lowest BCUT2D eigenvalue weighted by atomic mass is 10.1. The van der Waals surface area contributed by atoms with E-state index in [-0.39, 0.29) is 24.2 Å². The predicted molar refractivity (Wildman–Crippen MR) is 129 cm³/mol. The number of halogens is 1. The molecule has 1 heterocycles. The van der Waals surface area contributed by atoms with E-state index in [9.17, 15) is 14.0 Å². The smallest absolute Gasteiger partial charge is 0.324 e. The second-order valence-corrected chi connectivity index (χ2v) is 8.61. The molecule has 1 saturated heterocycles. The number of rotatable bonds is 6. The first-order chi connectivity index (χ1) is 15.9. The summed E-state index contributed by atoms with van der Waals surface area (Å²) < 4.78 is 13.1. The van der Waals surface area contributed by atoms with Gasteiger partial charge in [0, 0.05) is 31.0 Å². The predicted octanol–water partition coefficient (Wildman–Crippen LogP) is 5.46. The lowest BCUT2D eigenvalue weighted by molar-refractivity contribution is -0.115. The Morgan fingerprint density at radius 2 is 1.67 bits per heavy atom. The molecule has 1 aliphatic rings. The maximum atomic E-state index is 13.2. The molecule has 3 aromatic rings. The van der Waals surface area contributed by atoms with Gasteiger partial charge in [-0.3, -0.25) is 9.69 Å². The highest BCUT2D eigenvalue weighted by atomic mass is 19.1. The Kier molecular flexibility index (Phi) is 6.73. The van der Waals surface area contributed by atoms with Gasteiger partial charge in [0.1, 0.15) is 5.82 Å². The van der Waals surface area contributed by atoms with Gasteiger partial charge >= 0.3 is 6.03 Å². The van der Waals surface area contributed by atoms with Gasteiger partial charge in [-0.05, 0) is 61.7 Å². The number of anilines is 2. The van der Waals surface area contributed by atoms with Gasteiger partial charge in [-0.25, -0.2) is 9.18 Å². The van der Waals surface area contributed by atoms with Crippen molar-refractivity contribution in [2.75, 3.05) is 23.3 Å². The molecule has 1 aliphatic heterocycles. The molecule has 3 aromatic carbocycles. The van der Waals surface area contributed by atoms with Crippen molar-refractivity contribution in [1.82, 2.24) is 4.90 Å². The molecule has 33 heavy (non-hydrogen) atoms. The Morgan fingerprint density at radius 3 is 2.39 bits per heavy atom. The van der Waals surface area contributed by atoms with Crippen LogP contribution in [0.15, 0.2) is 66.7 Å². The standard InChI is InChI=1S/C27H28FN3O2/c1-19-13-20(2)15-22(14-19)18-30-11-4-12-31(27(30)33)25-6-3-5-24(17-25)29-26(32)16-21-7-9-23(28)10-8-21/h3,5-10,13-15,17H,4,11-12,16,18H2,1-2H3,(H,29,32). The monoisotopic (exact) mass is 445 g/mol. The molecule has 4 rings (SSSR count). The van der Waals surface area contributed by atoms with Crippen LogP contribution in [0.4, 0.5) is 20.6 Å². The van der Waals surface area contributed by atoms with E-state index >= 15 is 0 Å². The first kappa shape index (κ1) is 22.5. The minimum absolute atomic E-state index is 0.0322. The molecule has 0 saturated carbocycles. The molecule has 0 spiro atoms. The SMILES string of the molecule is Cc1cc(C)cc(CN2CCCN(c3cccc(NC(=O)Cc4ccc(F)cc4)c3)C2=O)c1. The minimum atomic E-state index is -0.329. The van der Waals surface area contributed by atoms with Gasteiger partial charge in [0.05, 0.1) is 6.42 Å². The van der Waals surface area contributed by atoms with E-state index in [4.69, 9.17) is 0 Å². The number of amides is 3. The van der Waals surface area contributed by atoms with Gasteiger partial charge in [0.2, 0.25) is 5.91 Å². The van der Waals surface area contributed by atoms with Crippen LogP contribution in [0.5, 0.6) is 0 Å². The van der Waals surface area contributed by atoms with E-state index in [0.29, 0.717) is 18.8 Å². The maximum Gasteiger partial charge on any atom is 0.324 e. The van der Waals surface area contributed by atoms with E-state index in [1.54, 1.807) is 23.1 Å². The number of carbonyl (C=O) groups excluding carboxylic acids is 2. The van der Waals surface area contributed by atoms with Gasteiger partial charge < -0.3 is 10.2 Å². The molecule has 3 amide bonds. The number of hydrogen-bond donors (Lipinski definition) is 1. The molecule has 0 bridgehead atoms. The van der Waals surface area contributed by atoms with Gasteiger partial charge in [0.25, 0.3) is 0 Å². The zero-order valence-corrected chi connectivity index (χ0v) is 19.0. The van der Waals surface area contributed by atoms with E-state index in [0.717, 1.165) is 29.8 Å². The van der Waals surface area contributed by atoms with Crippen LogP contribution in [-0.4, -0.2) is 29.9 Å². The van der Waals surface area contributed by atoms with Crippen molar-refractivity contribution in [2.24, 2.45) is 0 Å². The third-order valence-electron chi connectivity index (χ3n) is 5.69. The molecule has 6 heteroatoms. The summed E-state index contributed by atoms with van der Waals surface area (Å²) in [6.45, 7) is 6.06. The third-order valence-corrected chi connectivity index (χ3v) is 5.69. The molecule has 1 fully saturated rings. The van der Waals surface area contributed by atoms with Gasteiger partial charge in [-0.1, -0.05) is 47.5 Å². The number of nitrogens with zero attached hydrogens (tertiary/aromatic N) is 2. The Balaban J connectivity index is 1.43. The van der Waals surface area contributed by atoms with Gasteiger partial charge in [0.15, 0.2) is 0 Å². The average Bonchev–Trinajstić information content (AvgIpc) is 2.76. The molecule has 0 unspecified atom stereocenters. The molecular weight excluding hydrogens is 417 g/mol. The van der Waals surface area contributed by atoms with Crippen molar-refractivity contribution in [1.29, 1.82) is 0 Å². The zero-order valence-electron chi connectivity index (χ0n) is 19.0. The van der Waals surface area contributed by atoms with Crippen LogP contribution in [-0.2, 0) is 17.8 Å². The summed E-state index contributed by atoms with van der Waals surface area (Å²) >= 11 is 0. The molecule has 0 radical (unpaired) electrons. The summed E-state index contributed by atoms with van der Waals surface area (Å²) in [5.41, 5.74) is 5.62. The molecular formula is C27H28FN3O2. The maximum absolute atomic E-state index is 13.2. The molecule has 0 aliphatic carbocycles. The largest absolute Gasteiger partial charge is 0.326 e. The van der Waals surface area contributed by atoms with Crippen LogP contribution >= 0.6 is 0 Å². The summed E-state index contributed by atoms with van der Waals surface area (Å²) in [5.74, 6) is -0.523. The summed E-state index contributed by atoms with van der Waals surface area (Å²) in [6, 6.07) is 19.6. The Bertz CT molecular complexity index is 1140. The quantitative estimate of drug-likeness (QED) is 0.548. The number of hydrogen-bond acceptors (Lipinski definition) is 2. The van der Waals surface area contributed by atoms with Crippen molar-refractivity contribution in [3.05, 3.63) is 94.8 Å². The highest BCUT2D eigenvalue weighted by molar-refractivity contribution is 5.95. The van der Waals surface area contributed by atoms with E-state index < -0.39 is 0 Å². The number of aryl methyl sites for hydroxylation is 2. The molecule has 0 aromatic heterocycles. The van der Waals surface area contributed by atoms with Crippen LogP contribution in [0.2, 0.25) is 0 Å². The number of carbonyl (C=O) groups is 2. The van der Waals surface area contributed by atoms with Crippen LogP contribution in [0.25, 0.3) is 0 Å². The average molecular weight is 446 g/mol. The van der Waals surface area contributed by atoms with Crippen molar-refractivity contribution in [2.45, 2.75) is 33.2 Å². The lowest BCUT2D eigenvalue weighted by Crippen LogP contribution is -2.49. The summed E-state index contributed by atoms with van der Waals surface area (Å²) in [7, 11) is 0. The normalized spacial score (nSPS) is 13.8. The van der Waals surface area contributed by atoms with Crippen molar-refractivity contribution < 1.29 is 14.0 Å². The second kappa shape index (κ2) is 9.86. The Hall–Kier alpha value is -3.67. The van der Waals surface area contributed by atoms with E-state index in [2.05, 4.69) is 37.4 Å². The highest BCUT2D eigenvalue weighted by Gasteiger charge is 2.27. The van der Waals surface area contributed by atoms with Crippen molar-refractivity contribution in [3.8, 4) is 0 Å². The second-order valence-electron chi connectivity index (χ2n) is 8.61. The first-order valence-corrected chi connectivity index (χ1v) is 11.2. The summed E-state index contributed by atoms with van der Waals surface area (Å²) in [6.07, 6.45) is 1.02. The van der Waals surface area contributed by atoms with E-state index in [1.807, 2.05) is 23.1 Å². The highest BCUT2D eigenvalue weighted by Crippen LogP contribution is 2.25. The summed E-state index contributed by atoms with van der Waals surface area (Å²) in [4.78, 5) is 29.3. The number of nitrogens with one attached hydrogen (secondary N) is 1. The minimum Gasteiger partial charge on any atom is -0.326 e. The van der Waals surface area contributed by atoms with Gasteiger partial charge in [-0.2, -0.15) is 0 Å². The Labute approximate surface area is 193 Å². The molecule has 0 atom stereocenters. The van der Waals surface area contributed by atoms with Crippen molar-refractivity contribution >= 4 is 23.3 Å². The summed E-state index contributed by atoms with van der Waals surface area (Å²) in [5, 5.41) is 2.88. The van der Waals surface area contributed by atoms with Crippen LogP contribution in [0.1, 0.15) is 28.7 Å². The van der Waals surface area contributed by atoms with Crippen molar-refractivity contribution in [3.63, 3.8) is 0 Å². The Morgan fingerprint density at radius 1 is 0.939 bits per heavy atom. The topological polar surface area (TPSA) is 52.6 Å². The number of urea groups is 1. The van der Waals surface area contributed by atoms with Crippen LogP contribution < -0.4 is 10.2 Å². The van der Waals surface area contributed by atoms with E-state index in [1.165, 1.54) is 23.3 Å². The third kappa shape index (κ3) is 5.77. The lowest BCUT2D eigenvalue weighted by Gasteiger charge is -2.36. The first-order valence-electron chi connectivity index (χ1n) is 11.2.